The van der Waals surface area contributed by atoms with Crippen LogP contribution < -0.4 is 24.8 Å². The summed E-state index contributed by atoms with van der Waals surface area (Å²) >= 11 is 0. The molecule has 2 aromatic rings. The standard InChI is InChI=1S/C22H27F2N3O3/c1-5-25-22(27-17-11-14(17)20-15(23)7-6-8-16(20)24)26-12-13-9-18(28-2)21(30-4)19(10-13)29-3/h6-10,14,17H,5,11-12H2,1-4H3,(H2,25,26,27). The van der Waals surface area contributed by atoms with Crippen LogP contribution in [0.5, 0.6) is 17.2 Å². The highest BCUT2D eigenvalue weighted by Gasteiger charge is 2.42. The van der Waals surface area contributed by atoms with Gasteiger partial charge in [0.2, 0.25) is 5.75 Å². The summed E-state index contributed by atoms with van der Waals surface area (Å²) in [5.41, 5.74) is 1.00. The lowest BCUT2D eigenvalue weighted by molar-refractivity contribution is 0.324. The Labute approximate surface area is 175 Å². The van der Waals surface area contributed by atoms with E-state index in [0.29, 0.717) is 42.7 Å². The first kappa shape index (κ1) is 21.7. The number of nitrogens with zero attached hydrogens (tertiary/aromatic N) is 1. The molecule has 2 atom stereocenters. The Bertz CT molecular complexity index is 875. The van der Waals surface area contributed by atoms with Gasteiger partial charge in [0.15, 0.2) is 17.5 Å². The average molecular weight is 419 g/mol. The Kier molecular flexibility index (Phi) is 6.97. The first-order valence-corrected chi connectivity index (χ1v) is 9.80. The van der Waals surface area contributed by atoms with Gasteiger partial charge in [-0.1, -0.05) is 6.07 Å². The lowest BCUT2D eigenvalue weighted by Gasteiger charge is -2.14. The zero-order valence-electron chi connectivity index (χ0n) is 17.6. The molecule has 2 unspecified atom stereocenters. The highest BCUT2D eigenvalue weighted by Crippen LogP contribution is 2.43. The number of methoxy groups -OCH3 is 3. The fraction of sp³-hybridized carbons (Fsp3) is 0.409. The summed E-state index contributed by atoms with van der Waals surface area (Å²) in [5.74, 6) is 0.971. The first-order valence-electron chi connectivity index (χ1n) is 9.80. The summed E-state index contributed by atoms with van der Waals surface area (Å²) < 4.78 is 44.1. The van der Waals surface area contributed by atoms with Crippen molar-refractivity contribution in [2.24, 2.45) is 4.99 Å². The van der Waals surface area contributed by atoms with Gasteiger partial charge in [-0.3, -0.25) is 0 Å². The molecule has 3 rings (SSSR count). The minimum atomic E-state index is -0.510. The quantitative estimate of drug-likeness (QED) is 0.506. The molecular weight excluding hydrogens is 392 g/mol. The molecule has 0 aliphatic heterocycles. The van der Waals surface area contributed by atoms with Crippen LogP contribution >= 0.6 is 0 Å². The molecule has 2 aromatic carbocycles. The molecule has 6 nitrogen and oxygen atoms in total. The number of hydrogen-bond acceptors (Lipinski definition) is 4. The molecule has 2 N–H and O–H groups in total. The Hall–Kier alpha value is -3.03. The summed E-state index contributed by atoms with van der Waals surface area (Å²) in [6, 6.07) is 7.55. The molecule has 0 radical (unpaired) electrons. The van der Waals surface area contributed by atoms with Gasteiger partial charge in [-0.05, 0) is 43.2 Å². The molecule has 0 aromatic heterocycles. The number of aliphatic imine (C=N–C) groups is 1. The monoisotopic (exact) mass is 419 g/mol. The Morgan fingerprint density at radius 2 is 1.70 bits per heavy atom. The minimum Gasteiger partial charge on any atom is -0.493 e. The van der Waals surface area contributed by atoms with Gasteiger partial charge >= 0.3 is 0 Å². The van der Waals surface area contributed by atoms with E-state index >= 15 is 0 Å². The van der Waals surface area contributed by atoms with E-state index in [1.54, 1.807) is 21.3 Å². The molecule has 1 aliphatic carbocycles. The third-order valence-corrected chi connectivity index (χ3v) is 4.97. The third-order valence-electron chi connectivity index (χ3n) is 4.97. The minimum absolute atomic E-state index is 0.0749. The summed E-state index contributed by atoms with van der Waals surface area (Å²) in [7, 11) is 4.67. The van der Waals surface area contributed by atoms with Crippen LogP contribution in [0, 0.1) is 11.6 Å². The number of halogens is 2. The number of hydrogen-bond donors (Lipinski definition) is 2. The molecule has 30 heavy (non-hydrogen) atoms. The summed E-state index contributed by atoms with van der Waals surface area (Å²) in [5, 5.41) is 6.43. The van der Waals surface area contributed by atoms with Crippen molar-refractivity contribution < 1.29 is 23.0 Å². The zero-order chi connectivity index (χ0) is 21.7. The molecule has 0 saturated heterocycles. The third kappa shape index (κ3) is 4.75. The van der Waals surface area contributed by atoms with Gasteiger partial charge in [-0.2, -0.15) is 0 Å². The van der Waals surface area contributed by atoms with Crippen molar-refractivity contribution in [3.63, 3.8) is 0 Å². The van der Waals surface area contributed by atoms with Crippen LogP contribution in [0.4, 0.5) is 8.78 Å². The summed E-state index contributed by atoms with van der Waals surface area (Å²) in [4.78, 5) is 4.60. The maximum absolute atomic E-state index is 14.0. The fourth-order valence-corrected chi connectivity index (χ4v) is 3.43. The molecule has 0 amide bonds. The van der Waals surface area contributed by atoms with E-state index in [4.69, 9.17) is 14.2 Å². The van der Waals surface area contributed by atoms with Crippen LogP contribution in [0.1, 0.15) is 30.4 Å². The van der Waals surface area contributed by atoms with Gasteiger partial charge in [0.25, 0.3) is 0 Å². The number of nitrogens with one attached hydrogen (secondary N) is 2. The van der Waals surface area contributed by atoms with Crippen molar-refractivity contribution in [2.45, 2.75) is 31.8 Å². The van der Waals surface area contributed by atoms with Gasteiger partial charge < -0.3 is 24.8 Å². The smallest absolute Gasteiger partial charge is 0.203 e. The van der Waals surface area contributed by atoms with Crippen molar-refractivity contribution in [2.75, 3.05) is 27.9 Å². The van der Waals surface area contributed by atoms with Crippen molar-refractivity contribution in [3.8, 4) is 17.2 Å². The van der Waals surface area contributed by atoms with Gasteiger partial charge in [-0.15, -0.1) is 0 Å². The molecule has 0 heterocycles. The topological polar surface area (TPSA) is 64.1 Å². The molecular formula is C22H27F2N3O3. The number of rotatable bonds is 8. The second-order valence-corrected chi connectivity index (χ2v) is 6.96. The molecule has 162 valence electrons. The van der Waals surface area contributed by atoms with Gasteiger partial charge in [0, 0.05) is 24.1 Å². The van der Waals surface area contributed by atoms with Crippen molar-refractivity contribution >= 4 is 5.96 Å². The van der Waals surface area contributed by atoms with Crippen LogP contribution in [0.3, 0.4) is 0 Å². The molecule has 1 aliphatic rings. The SMILES string of the molecule is CCNC(=NCc1cc(OC)c(OC)c(OC)c1)NC1CC1c1c(F)cccc1F. The Morgan fingerprint density at radius 3 is 2.23 bits per heavy atom. The Balaban J connectivity index is 1.73. The molecule has 1 saturated carbocycles. The van der Waals surface area contributed by atoms with Crippen LogP contribution in [0.15, 0.2) is 35.3 Å². The van der Waals surface area contributed by atoms with Crippen LogP contribution in [-0.4, -0.2) is 39.9 Å². The summed E-state index contributed by atoms with van der Waals surface area (Å²) in [6.45, 7) is 2.97. The molecule has 0 spiro atoms. The van der Waals surface area contributed by atoms with E-state index in [1.165, 1.54) is 18.2 Å². The average Bonchev–Trinajstić information content (AvgIpc) is 3.49. The van der Waals surface area contributed by atoms with Crippen LogP contribution in [0.2, 0.25) is 0 Å². The molecule has 0 bridgehead atoms. The largest absolute Gasteiger partial charge is 0.493 e. The Morgan fingerprint density at radius 1 is 1.07 bits per heavy atom. The van der Waals surface area contributed by atoms with Crippen molar-refractivity contribution in [1.82, 2.24) is 10.6 Å². The van der Waals surface area contributed by atoms with Gasteiger partial charge in [0.1, 0.15) is 11.6 Å². The maximum atomic E-state index is 14.0. The number of ether oxygens (including phenoxy) is 3. The van der Waals surface area contributed by atoms with Crippen molar-refractivity contribution in [3.05, 3.63) is 53.1 Å². The van der Waals surface area contributed by atoms with E-state index in [1.807, 2.05) is 19.1 Å². The number of guanidine groups is 1. The van der Waals surface area contributed by atoms with Crippen LogP contribution in [-0.2, 0) is 6.54 Å². The highest BCUT2D eigenvalue weighted by atomic mass is 19.1. The van der Waals surface area contributed by atoms with Crippen molar-refractivity contribution in [1.29, 1.82) is 0 Å². The zero-order valence-corrected chi connectivity index (χ0v) is 17.6. The molecule has 8 heteroatoms. The van der Waals surface area contributed by atoms with E-state index < -0.39 is 11.6 Å². The fourth-order valence-electron chi connectivity index (χ4n) is 3.43. The number of benzene rings is 2. The lowest BCUT2D eigenvalue weighted by atomic mass is 10.1. The first-order chi connectivity index (χ1) is 14.5. The predicted octanol–water partition coefficient (Wildman–Crippen LogP) is 3.60. The summed E-state index contributed by atoms with van der Waals surface area (Å²) in [6.07, 6.45) is 0.645. The molecule has 1 fully saturated rings. The second kappa shape index (κ2) is 9.65. The highest BCUT2D eigenvalue weighted by molar-refractivity contribution is 5.80. The van der Waals surface area contributed by atoms with E-state index in [0.717, 1.165) is 5.56 Å². The lowest BCUT2D eigenvalue weighted by Crippen LogP contribution is -2.39. The van der Waals surface area contributed by atoms with E-state index in [-0.39, 0.29) is 17.5 Å². The second-order valence-electron chi connectivity index (χ2n) is 6.96. The van der Waals surface area contributed by atoms with Crippen LogP contribution in [0.25, 0.3) is 0 Å². The maximum Gasteiger partial charge on any atom is 0.203 e. The van der Waals surface area contributed by atoms with E-state index in [2.05, 4.69) is 15.6 Å². The normalized spacial score (nSPS) is 18.0. The van der Waals surface area contributed by atoms with E-state index in [9.17, 15) is 8.78 Å². The van der Waals surface area contributed by atoms with Gasteiger partial charge in [-0.25, -0.2) is 13.8 Å². The van der Waals surface area contributed by atoms with Gasteiger partial charge in [0.05, 0.1) is 27.9 Å². The predicted molar refractivity (Wildman–Crippen MR) is 112 cm³/mol.